The first-order valence-corrected chi connectivity index (χ1v) is 8.31. The molecule has 1 saturated heterocycles. The molecule has 0 aromatic heterocycles. The molecule has 1 heterocycles. The van der Waals surface area contributed by atoms with Gasteiger partial charge in [0.25, 0.3) is 0 Å². The van der Waals surface area contributed by atoms with Gasteiger partial charge in [-0.05, 0) is 93.5 Å². The predicted octanol–water partition coefficient (Wildman–Crippen LogP) is 3.61. The normalized spacial score (nSPS) is 51.1. The van der Waals surface area contributed by atoms with Crippen LogP contribution in [0.5, 0.6) is 0 Å². The maximum absolute atomic E-state index is 3.63. The molecule has 0 aromatic carbocycles. The van der Waals surface area contributed by atoms with Crippen LogP contribution >= 0.6 is 0 Å². The Kier molecular flexibility index (Phi) is 2.99. The van der Waals surface area contributed by atoms with Crippen LogP contribution in [0, 0.1) is 35.5 Å². The molecule has 3 fully saturated rings. The summed E-state index contributed by atoms with van der Waals surface area (Å²) in [5, 5.41) is 3.63. The van der Waals surface area contributed by atoms with Crippen molar-refractivity contribution >= 4 is 0 Å². The molecule has 0 aromatic rings. The maximum Gasteiger partial charge on any atom is -0.00461 e. The Morgan fingerprint density at radius 3 is 2.56 bits per heavy atom. The van der Waals surface area contributed by atoms with E-state index in [1.54, 1.807) is 6.42 Å². The number of hydrogen-bond acceptors (Lipinski definition) is 1. The molecule has 1 aliphatic heterocycles. The van der Waals surface area contributed by atoms with Crippen LogP contribution in [0.3, 0.4) is 0 Å². The van der Waals surface area contributed by atoms with Crippen molar-refractivity contribution in [3.63, 3.8) is 0 Å². The maximum atomic E-state index is 3.63. The molecule has 4 aliphatic rings. The fraction of sp³-hybridized carbons (Fsp3) is 0.882. The monoisotopic (exact) mass is 245 g/mol. The van der Waals surface area contributed by atoms with Gasteiger partial charge in [0.2, 0.25) is 0 Å². The van der Waals surface area contributed by atoms with Crippen LogP contribution in [0.15, 0.2) is 12.2 Å². The number of nitrogens with one attached hydrogen (secondary N) is 1. The van der Waals surface area contributed by atoms with Gasteiger partial charge in [0.1, 0.15) is 0 Å². The summed E-state index contributed by atoms with van der Waals surface area (Å²) in [6.45, 7) is 2.57. The fourth-order valence-corrected chi connectivity index (χ4v) is 5.87. The second-order valence-electron chi connectivity index (χ2n) is 7.23. The summed E-state index contributed by atoms with van der Waals surface area (Å²) in [6.07, 6.45) is 15.5. The molecule has 0 amide bonds. The van der Waals surface area contributed by atoms with Gasteiger partial charge in [-0.2, -0.15) is 0 Å². The van der Waals surface area contributed by atoms with Gasteiger partial charge in [0.05, 0.1) is 0 Å². The summed E-state index contributed by atoms with van der Waals surface area (Å²) in [5.74, 6) is 6.31. The van der Waals surface area contributed by atoms with E-state index in [1.807, 2.05) is 0 Å². The van der Waals surface area contributed by atoms with Crippen LogP contribution in [0.2, 0.25) is 0 Å². The van der Waals surface area contributed by atoms with Crippen molar-refractivity contribution in [2.75, 3.05) is 13.1 Å². The number of fused-ring (bicyclic) bond motifs is 5. The minimum Gasteiger partial charge on any atom is -0.317 e. The van der Waals surface area contributed by atoms with Crippen molar-refractivity contribution < 1.29 is 0 Å². The minimum atomic E-state index is 0.965. The summed E-state index contributed by atoms with van der Waals surface area (Å²) in [7, 11) is 0. The Balaban J connectivity index is 1.56. The minimum absolute atomic E-state index is 0.965. The number of rotatable bonds is 0. The van der Waals surface area contributed by atoms with E-state index in [0.717, 1.165) is 35.5 Å². The smallest absolute Gasteiger partial charge is 0.00461 e. The van der Waals surface area contributed by atoms with Crippen LogP contribution in [0.4, 0.5) is 0 Å². The molecule has 0 bridgehead atoms. The Morgan fingerprint density at radius 2 is 1.56 bits per heavy atom. The molecule has 0 radical (unpaired) electrons. The van der Waals surface area contributed by atoms with Gasteiger partial charge in [-0.1, -0.05) is 12.2 Å². The van der Waals surface area contributed by atoms with Crippen molar-refractivity contribution in [2.45, 2.75) is 44.9 Å². The van der Waals surface area contributed by atoms with Crippen molar-refractivity contribution in [3.05, 3.63) is 12.2 Å². The van der Waals surface area contributed by atoms with E-state index in [-0.39, 0.29) is 0 Å². The third-order valence-corrected chi connectivity index (χ3v) is 6.65. The largest absolute Gasteiger partial charge is 0.317 e. The zero-order chi connectivity index (χ0) is 11.9. The molecule has 6 unspecified atom stereocenters. The zero-order valence-corrected chi connectivity index (χ0v) is 11.5. The molecule has 1 heteroatoms. The third kappa shape index (κ3) is 1.78. The highest BCUT2D eigenvalue weighted by Gasteiger charge is 2.46. The Bertz CT molecular complexity index is 333. The molecule has 6 atom stereocenters. The second-order valence-corrected chi connectivity index (χ2v) is 7.23. The molecule has 2 saturated carbocycles. The lowest BCUT2D eigenvalue weighted by Gasteiger charge is -2.50. The molecule has 4 rings (SSSR count). The van der Waals surface area contributed by atoms with Crippen LogP contribution in [-0.2, 0) is 0 Å². The first-order chi connectivity index (χ1) is 8.93. The lowest BCUT2D eigenvalue weighted by molar-refractivity contribution is 0.00310. The topological polar surface area (TPSA) is 12.0 Å². The highest BCUT2D eigenvalue weighted by Crippen LogP contribution is 2.55. The lowest BCUT2D eigenvalue weighted by atomic mass is 9.55. The van der Waals surface area contributed by atoms with E-state index in [1.165, 1.54) is 51.6 Å². The first kappa shape index (κ1) is 11.5. The molecule has 1 nitrogen and oxygen atoms in total. The van der Waals surface area contributed by atoms with Crippen molar-refractivity contribution in [2.24, 2.45) is 35.5 Å². The zero-order valence-electron chi connectivity index (χ0n) is 11.5. The molecule has 100 valence electrons. The molecular weight excluding hydrogens is 218 g/mol. The molecule has 18 heavy (non-hydrogen) atoms. The van der Waals surface area contributed by atoms with E-state index in [9.17, 15) is 0 Å². The van der Waals surface area contributed by atoms with Crippen LogP contribution in [0.1, 0.15) is 44.9 Å². The van der Waals surface area contributed by atoms with Crippen molar-refractivity contribution in [1.82, 2.24) is 5.32 Å². The van der Waals surface area contributed by atoms with Crippen LogP contribution < -0.4 is 5.32 Å². The average molecular weight is 245 g/mol. The fourth-order valence-electron chi connectivity index (χ4n) is 5.87. The number of hydrogen-bond donors (Lipinski definition) is 1. The van der Waals surface area contributed by atoms with Gasteiger partial charge in [0, 0.05) is 0 Å². The Morgan fingerprint density at radius 1 is 0.722 bits per heavy atom. The van der Waals surface area contributed by atoms with Gasteiger partial charge in [-0.25, -0.2) is 0 Å². The lowest BCUT2D eigenvalue weighted by Crippen LogP contribution is -2.42. The van der Waals surface area contributed by atoms with E-state index in [4.69, 9.17) is 0 Å². The summed E-state index contributed by atoms with van der Waals surface area (Å²) < 4.78 is 0. The van der Waals surface area contributed by atoms with Crippen LogP contribution in [-0.4, -0.2) is 13.1 Å². The van der Waals surface area contributed by atoms with Gasteiger partial charge in [0.15, 0.2) is 0 Å². The summed E-state index contributed by atoms with van der Waals surface area (Å²) in [6, 6.07) is 0. The van der Waals surface area contributed by atoms with Gasteiger partial charge < -0.3 is 5.32 Å². The highest BCUT2D eigenvalue weighted by molar-refractivity contribution is 5.08. The highest BCUT2D eigenvalue weighted by atomic mass is 14.9. The van der Waals surface area contributed by atoms with Crippen molar-refractivity contribution in [3.8, 4) is 0 Å². The average Bonchev–Trinajstić information content (AvgIpc) is 2.75. The van der Waals surface area contributed by atoms with E-state index in [0.29, 0.717) is 0 Å². The van der Waals surface area contributed by atoms with Gasteiger partial charge >= 0.3 is 0 Å². The first-order valence-electron chi connectivity index (χ1n) is 8.31. The van der Waals surface area contributed by atoms with E-state index >= 15 is 0 Å². The second kappa shape index (κ2) is 4.67. The standard InChI is InChI=1S/C17H27N/c1-2-12-4-6-17-15-9-11-18-10-8-13(15)5-7-16(17)14(12)3-1/h1-2,12-18H,3-11H2. The Labute approximate surface area is 111 Å². The van der Waals surface area contributed by atoms with E-state index < -0.39 is 0 Å². The summed E-state index contributed by atoms with van der Waals surface area (Å²) in [4.78, 5) is 0. The van der Waals surface area contributed by atoms with Gasteiger partial charge in [-0.15, -0.1) is 0 Å². The summed E-state index contributed by atoms with van der Waals surface area (Å²) in [5.41, 5.74) is 0. The number of allylic oxidation sites excluding steroid dienone is 2. The molecule has 0 spiro atoms. The SMILES string of the molecule is C1=CC2CCC3C4CCNCCC4CCC3C2C1. The molecule has 1 N–H and O–H groups in total. The Hall–Kier alpha value is -0.300. The molecular formula is C17H27N. The molecule has 3 aliphatic carbocycles. The van der Waals surface area contributed by atoms with Gasteiger partial charge in [-0.3, -0.25) is 0 Å². The summed E-state index contributed by atoms with van der Waals surface area (Å²) >= 11 is 0. The quantitative estimate of drug-likeness (QED) is 0.643. The predicted molar refractivity (Wildman–Crippen MR) is 75.3 cm³/mol. The van der Waals surface area contributed by atoms with E-state index in [2.05, 4.69) is 17.5 Å². The third-order valence-electron chi connectivity index (χ3n) is 6.65. The van der Waals surface area contributed by atoms with Crippen LogP contribution in [0.25, 0.3) is 0 Å². The van der Waals surface area contributed by atoms with Crippen molar-refractivity contribution in [1.29, 1.82) is 0 Å².